The second-order valence-corrected chi connectivity index (χ2v) is 17.9. The molecule has 0 aromatic carbocycles. The smallest absolute Gasteiger partial charge is 0.305 e. The largest absolute Gasteiger partial charge is 0.466 e. The Morgan fingerprint density at radius 1 is 0.458 bits per heavy atom. The number of hydrogen-bond acceptors (Lipinski definition) is 5. The monoisotopic (exact) mass is 832 g/mol. The number of allylic oxidation sites excluding steroid dienone is 3. The second-order valence-electron chi connectivity index (χ2n) is 17.9. The third kappa shape index (κ3) is 45.7. The Morgan fingerprint density at radius 3 is 1.22 bits per heavy atom. The molecule has 0 rings (SSSR count). The average Bonchev–Trinajstić information content (AvgIpc) is 3.24. The van der Waals surface area contributed by atoms with Crippen molar-refractivity contribution < 1.29 is 24.5 Å². The van der Waals surface area contributed by atoms with Crippen LogP contribution in [-0.2, 0) is 14.3 Å². The van der Waals surface area contributed by atoms with Gasteiger partial charge in [-0.05, 0) is 57.8 Å². The van der Waals surface area contributed by atoms with Gasteiger partial charge in [-0.25, -0.2) is 0 Å². The van der Waals surface area contributed by atoms with E-state index in [9.17, 15) is 19.8 Å². The van der Waals surface area contributed by atoms with Crippen molar-refractivity contribution in [3.8, 4) is 0 Å². The number of ether oxygens (including phenoxy) is 1. The van der Waals surface area contributed by atoms with E-state index < -0.39 is 12.1 Å². The molecule has 59 heavy (non-hydrogen) atoms. The molecule has 0 aromatic rings. The Morgan fingerprint density at radius 2 is 0.797 bits per heavy atom. The lowest BCUT2D eigenvalue weighted by Gasteiger charge is -2.19. The summed E-state index contributed by atoms with van der Waals surface area (Å²) in [5.74, 6) is -0.109. The Balaban J connectivity index is 3.51. The summed E-state index contributed by atoms with van der Waals surface area (Å²) in [5.41, 5.74) is 0. The van der Waals surface area contributed by atoms with E-state index in [1.165, 1.54) is 180 Å². The lowest BCUT2D eigenvalue weighted by molar-refractivity contribution is -0.143. The highest BCUT2D eigenvalue weighted by Gasteiger charge is 2.18. The molecule has 0 bridgehead atoms. The number of aliphatic hydroxyl groups is 2. The summed E-state index contributed by atoms with van der Waals surface area (Å²) >= 11 is 0. The second kappa shape index (κ2) is 49.0. The van der Waals surface area contributed by atoms with Gasteiger partial charge in [0.1, 0.15) is 0 Å². The van der Waals surface area contributed by atoms with E-state index >= 15 is 0 Å². The van der Waals surface area contributed by atoms with Gasteiger partial charge < -0.3 is 20.3 Å². The third-order valence-electron chi connectivity index (χ3n) is 12.0. The normalized spacial score (nSPS) is 12.8. The van der Waals surface area contributed by atoms with Crippen molar-refractivity contribution in [1.82, 2.24) is 5.32 Å². The minimum atomic E-state index is -0.860. The van der Waals surface area contributed by atoms with E-state index in [0.717, 1.165) is 70.6 Å². The minimum absolute atomic E-state index is 0.0114. The van der Waals surface area contributed by atoms with Crippen LogP contribution in [0.2, 0.25) is 0 Å². The molecule has 0 radical (unpaired) electrons. The standard InChI is InChI=1S/C53H101NO5/c1-3-5-7-9-11-13-15-17-19-23-27-31-35-39-43-47-53(58)59-48-44-40-36-32-28-24-20-22-26-30-34-38-42-46-52(57)54-50(49-55)51(56)45-41-37-33-29-25-21-18-16-14-12-10-8-6-4-2/h22,26,41,45,50-51,55-56H,3-21,23-25,27-40,42-44,46-49H2,1-2H3,(H,54,57)/b26-22-,45-41+. The predicted octanol–water partition coefficient (Wildman–Crippen LogP) is 15.5. The molecule has 348 valence electrons. The highest BCUT2D eigenvalue weighted by molar-refractivity contribution is 5.76. The maximum Gasteiger partial charge on any atom is 0.305 e. The molecule has 6 heteroatoms. The van der Waals surface area contributed by atoms with Crippen LogP contribution in [0.25, 0.3) is 0 Å². The van der Waals surface area contributed by atoms with Crippen LogP contribution in [0.4, 0.5) is 0 Å². The SMILES string of the molecule is CCCCCCCCCCCCCC/C=C/C(O)C(CO)NC(=O)CCCCC/C=C\CCCCCCCCOC(=O)CCCCCCCCCCCCCCCCC. The lowest BCUT2D eigenvalue weighted by Crippen LogP contribution is -2.45. The molecule has 2 atom stereocenters. The Kier molecular flexibility index (Phi) is 47.6. The summed E-state index contributed by atoms with van der Waals surface area (Å²) in [5, 5.41) is 23.0. The van der Waals surface area contributed by atoms with Crippen molar-refractivity contribution in [2.75, 3.05) is 13.2 Å². The van der Waals surface area contributed by atoms with Crippen molar-refractivity contribution >= 4 is 11.9 Å². The van der Waals surface area contributed by atoms with Crippen molar-refractivity contribution in [3.05, 3.63) is 24.3 Å². The number of esters is 1. The molecule has 6 nitrogen and oxygen atoms in total. The first-order valence-electron chi connectivity index (χ1n) is 26.1. The van der Waals surface area contributed by atoms with Gasteiger partial charge in [-0.2, -0.15) is 0 Å². The highest BCUT2D eigenvalue weighted by atomic mass is 16.5. The topological polar surface area (TPSA) is 95.9 Å². The summed E-state index contributed by atoms with van der Waals surface area (Å²) in [6.45, 7) is 4.86. The molecule has 1 amide bonds. The summed E-state index contributed by atoms with van der Waals surface area (Å²) in [4.78, 5) is 24.4. The van der Waals surface area contributed by atoms with Crippen molar-refractivity contribution in [3.63, 3.8) is 0 Å². The molecule has 2 unspecified atom stereocenters. The molecular weight excluding hydrogens is 731 g/mol. The number of rotatable bonds is 48. The number of carbonyl (C=O) groups is 2. The summed E-state index contributed by atoms with van der Waals surface area (Å²) in [7, 11) is 0. The average molecular weight is 832 g/mol. The van der Waals surface area contributed by atoms with Crippen molar-refractivity contribution in [2.45, 2.75) is 289 Å². The van der Waals surface area contributed by atoms with Gasteiger partial charge in [-0.1, -0.05) is 231 Å². The van der Waals surface area contributed by atoms with Gasteiger partial charge in [0, 0.05) is 12.8 Å². The van der Waals surface area contributed by atoms with Gasteiger partial charge in [0.2, 0.25) is 5.91 Å². The van der Waals surface area contributed by atoms with Crippen LogP contribution in [0.1, 0.15) is 277 Å². The quantitative estimate of drug-likeness (QED) is 0.0322. The first-order valence-corrected chi connectivity index (χ1v) is 26.1. The number of carbonyl (C=O) groups excluding carboxylic acids is 2. The van der Waals surface area contributed by atoms with Crippen molar-refractivity contribution in [1.29, 1.82) is 0 Å². The fourth-order valence-corrected chi connectivity index (χ4v) is 7.92. The van der Waals surface area contributed by atoms with Gasteiger partial charge in [-0.15, -0.1) is 0 Å². The molecule has 0 saturated heterocycles. The fourth-order valence-electron chi connectivity index (χ4n) is 7.92. The van der Waals surface area contributed by atoms with Gasteiger partial charge in [-0.3, -0.25) is 9.59 Å². The molecule has 0 heterocycles. The zero-order chi connectivity index (χ0) is 43.0. The predicted molar refractivity (Wildman–Crippen MR) is 255 cm³/mol. The van der Waals surface area contributed by atoms with E-state index in [0.29, 0.717) is 19.4 Å². The van der Waals surface area contributed by atoms with Crippen LogP contribution in [-0.4, -0.2) is 47.4 Å². The molecule has 0 saturated carbocycles. The van der Waals surface area contributed by atoms with Crippen LogP contribution in [0.15, 0.2) is 24.3 Å². The first-order chi connectivity index (χ1) is 29.0. The van der Waals surface area contributed by atoms with E-state index in [1.807, 2.05) is 6.08 Å². The Hall–Kier alpha value is -1.66. The highest BCUT2D eigenvalue weighted by Crippen LogP contribution is 2.16. The molecule has 0 aromatic heterocycles. The fraction of sp³-hybridized carbons (Fsp3) is 0.887. The summed E-state index contributed by atoms with van der Waals surface area (Å²) < 4.78 is 5.46. The van der Waals surface area contributed by atoms with Gasteiger partial charge in [0.25, 0.3) is 0 Å². The van der Waals surface area contributed by atoms with Gasteiger partial charge in [0.05, 0.1) is 25.4 Å². The van der Waals surface area contributed by atoms with Crippen molar-refractivity contribution in [2.24, 2.45) is 0 Å². The number of nitrogens with one attached hydrogen (secondary N) is 1. The maximum atomic E-state index is 12.4. The minimum Gasteiger partial charge on any atom is -0.466 e. The summed E-state index contributed by atoms with van der Waals surface area (Å²) in [6, 6.07) is -0.647. The van der Waals surface area contributed by atoms with E-state index in [4.69, 9.17) is 4.74 Å². The van der Waals surface area contributed by atoms with E-state index in [2.05, 4.69) is 31.3 Å². The zero-order valence-corrected chi connectivity index (χ0v) is 39.5. The van der Waals surface area contributed by atoms with Gasteiger partial charge in [0.15, 0.2) is 0 Å². The molecule has 0 fully saturated rings. The van der Waals surface area contributed by atoms with Gasteiger partial charge >= 0.3 is 5.97 Å². The van der Waals surface area contributed by atoms with Crippen LogP contribution >= 0.6 is 0 Å². The number of amides is 1. The van der Waals surface area contributed by atoms with E-state index in [1.54, 1.807) is 6.08 Å². The van der Waals surface area contributed by atoms with Crippen LogP contribution in [0, 0.1) is 0 Å². The van der Waals surface area contributed by atoms with E-state index in [-0.39, 0.29) is 18.5 Å². The Labute approximate surface area is 367 Å². The number of hydrogen-bond donors (Lipinski definition) is 3. The molecule has 0 aliphatic heterocycles. The maximum absolute atomic E-state index is 12.4. The molecular formula is C53H101NO5. The van der Waals surface area contributed by atoms with Crippen LogP contribution < -0.4 is 5.32 Å². The van der Waals surface area contributed by atoms with Crippen LogP contribution in [0.5, 0.6) is 0 Å². The number of unbranched alkanes of at least 4 members (excludes halogenated alkanes) is 35. The Bertz CT molecular complexity index is 920. The molecule has 0 spiro atoms. The molecule has 0 aliphatic rings. The third-order valence-corrected chi connectivity index (χ3v) is 12.0. The zero-order valence-electron chi connectivity index (χ0n) is 39.5. The van der Waals surface area contributed by atoms with Crippen LogP contribution in [0.3, 0.4) is 0 Å². The number of aliphatic hydroxyl groups excluding tert-OH is 2. The lowest BCUT2D eigenvalue weighted by atomic mass is 10.0. The summed E-state index contributed by atoms with van der Waals surface area (Å²) in [6.07, 6.45) is 57.5. The molecule has 3 N–H and O–H groups in total. The molecule has 0 aliphatic carbocycles. The first kappa shape index (κ1) is 57.3.